The van der Waals surface area contributed by atoms with E-state index in [1.165, 1.54) is 0 Å². The molecule has 0 saturated heterocycles. The van der Waals surface area contributed by atoms with Crippen LogP contribution < -0.4 is 0 Å². The van der Waals surface area contributed by atoms with Gasteiger partial charge in [-0.2, -0.15) is 0 Å². The molecule has 0 aromatic rings. The van der Waals surface area contributed by atoms with Crippen LogP contribution in [0.15, 0.2) is 0 Å². The summed E-state index contributed by atoms with van der Waals surface area (Å²) in [6, 6.07) is 0. The summed E-state index contributed by atoms with van der Waals surface area (Å²) in [7, 11) is -7.89. The van der Waals surface area contributed by atoms with Crippen LogP contribution in [-0.4, -0.2) is 61.4 Å². The molecule has 0 spiro atoms. The van der Waals surface area contributed by atoms with Crippen molar-refractivity contribution >= 4 is 44.1 Å². The van der Waals surface area contributed by atoms with Crippen LogP contribution in [0.25, 0.3) is 0 Å². The summed E-state index contributed by atoms with van der Waals surface area (Å²) in [6.07, 6.45) is 4.53. The van der Waals surface area contributed by atoms with Gasteiger partial charge < -0.3 is 9.11 Å². The average Bonchev–Trinajstić information content (AvgIpc) is 2.16. The van der Waals surface area contributed by atoms with Gasteiger partial charge in [0.2, 0.25) is 0 Å². The Labute approximate surface area is 133 Å². The second kappa shape index (κ2) is 13.6. The van der Waals surface area contributed by atoms with Crippen molar-refractivity contribution < 1.29 is 25.9 Å². The molecule has 0 rings (SSSR count). The summed E-state index contributed by atoms with van der Waals surface area (Å²) >= 11 is 0. The SMILES string of the molecule is CCCCCS(=O)(=O)[O-].CCCCCS(=O)(=O)[O-].[Sn+2]. The predicted molar refractivity (Wildman–Crippen MR) is 73.9 cm³/mol. The Morgan fingerprint density at radius 2 is 0.947 bits per heavy atom. The molecule has 0 unspecified atom stereocenters. The fraction of sp³-hybridized carbons (Fsp3) is 1.00. The van der Waals surface area contributed by atoms with E-state index in [1.54, 1.807) is 0 Å². The zero-order chi connectivity index (χ0) is 14.7. The van der Waals surface area contributed by atoms with E-state index in [4.69, 9.17) is 0 Å². The Morgan fingerprint density at radius 1 is 0.684 bits per heavy atom. The summed E-state index contributed by atoms with van der Waals surface area (Å²) in [4.78, 5) is 0. The van der Waals surface area contributed by atoms with Crippen molar-refractivity contribution in [2.24, 2.45) is 0 Å². The van der Waals surface area contributed by atoms with Gasteiger partial charge in [-0.25, -0.2) is 16.8 Å². The van der Waals surface area contributed by atoms with Crippen LogP contribution in [0.3, 0.4) is 0 Å². The van der Waals surface area contributed by atoms with E-state index in [1.807, 2.05) is 13.8 Å². The van der Waals surface area contributed by atoms with Gasteiger partial charge in [-0.3, -0.25) is 0 Å². The molecule has 0 atom stereocenters. The molecule has 0 heterocycles. The van der Waals surface area contributed by atoms with Gasteiger partial charge >= 0.3 is 23.9 Å². The van der Waals surface area contributed by atoms with Gasteiger partial charge in [-0.15, -0.1) is 0 Å². The molecule has 0 aromatic heterocycles. The molecule has 0 saturated carbocycles. The second-order valence-electron chi connectivity index (χ2n) is 3.94. The first-order valence-corrected chi connectivity index (χ1v) is 9.15. The molecule has 19 heavy (non-hydrogen) atoms. The maximum Gasteiger partial charge on any atom is 2.00 e. The molecule has 0 aliphatic rings. The van der Waals surface area contributed by atoms with E-state index in [-0.39, 0.29) is 35.4 Å². The first kappa shape index (κ1) is 24.6. The van der Waals surface area contributed by atoms with Gasteiger partial charge in [0.15, 0.2) is 0 Å². The fourth-order valence-electron chi connectivity index (χ4n) is 1.06. The monoisotopic (exact) mass is 422 g/mol. The average molecular weight is 421 g/mol. The van der Waals surface area contributed by atoms with Gasteiger partial charge in [-0.05, 0) is 12.8 Å². The minimum absolute atomic E-state index is 0. The fourth-order valence-corrected chi connectivity index (χ4v) is 2.17. The van der Waals surface area contributed by atoms with E-state index in [2.05, 4.69) is 0 Å². The molecule has 6 nitrogen and oxygen atoms in total. The maximum absolute atomic E-state index is 9.95. The van der Waals surface area contributed by atoms with E-state index in [0.717, 1.165) is 25.7 Å². The van der Waals surface area contributed by atoms with E-state index in [9.17, 15) is 25.9 Å². The Balaban J connectivity index is -0.000000256. The van der Waals surface area contributed by atoms with Crippen molar-refractivity contribution in [3.8, 4) is 0 Å². The zero-order valence-corrected chi connectivity index (χ0v) is 15.9. The van der Waals surface area contributed by atoms with Gasteiger partial charge in [0.1, 0.15) is 0 Å². The van der Waals surface area contributed by atoms with Crippen molar-refractivity contribution in [3.63, 3.8) is 0 Å². The first-order chi connectivity index (χ1) is 8.12. The number of unbranched alkanes of at least 4 members (excludes halogenated alkanes) is 4. The molecular weight excluding hydrogens is 399 g/mol. The standard InChI is InChI=1S/2C5H12O3S.Sn/c2*1-2-3-4-5-9(6,7)8;/h2*2-5H2,1H3,(H,6,7,8);/q;;+2/p-2. The van der Waals surface area contributed by atoms with Crippen LogP contribution in [0.1, 0.15) is 52.4 Å². The van der Waals surface area contributed by atoms with Crippen molar-refractivity contribution in [1.29, 1.82) is 0 Å². The molecule has 114 valence electrons. The van der Waals surface area contributed by atoms with Crippen LogP contribution in [0.4, 0.5) is 0 Å². The molecule has 0 fully saturated rings. The van der Waals surface area contributed by atoms with Crippen molar-refractivity contribution in [2.75, 3.05) is 11.5 Å². The topological polar surface area (TPSA) is 114 Å². The smallest absolute Gasteiger partial charge is 0.748 e. The maximum atomic E-state index is 9.95. The van der Waals surface area contributed by atoms with Crippen molar-refractivity contribution in [1.82, 2.24) is 0 Å². The molecule has 0 aliphatic carbocycles. The third-order valence-corrected chi connectivity index (χ3v) is 3.57. The third kappa shape index (κ3) is 32.3. The predicted octanol–water partition coefficient (Wildman–Crippen LogP) is 1.06. The van der Waals surface area contributed by atoms with Gasteiger partial charge in [0.05, 0.1) is 20.2 Å². The molecule has 9 heteroatoms. The molecular formula is C10H22O6S2Sn. The largest absolute Gasteiger partial charge is 2.00 e. The van der Waals surface area contributed by atoms with Gasteiger partial charge in [0.25, 0.3) is 0 Å². The second-order valence-corrected chi connectivity index (χ2v) is 6.99. The molecule has 2 radical (unpaired) electrons. The van der Waals surface area contributed by atoms with Crippen LogP contribution in [0.5, 0.6) is 0 Å². The van der Waals surface area contributed by atoms with Crippen LogP contribution in [0.2, 0.25) is 0 Å². The minimum Gasteiger partial charge on any atom is -0.748 e. The molecule has 0 aliphatic heterocycles. The van der Waals surface area contributed by atoms with Crippen LogP contribution >= 0.6 is 0 Å². The quantitative estimate of drug-likeness (QED) is 0.329. The number of hydrogen-bond acceptors (Lipinski definition) is 6. The number of rotatable bonds is 8. The normalized spacial score (nSPS) is 11.2. The summed E-state index contributed by atoms with van der Waals surface area (Å²) in [5, 5.41) is 0. The molecule has 0 amide bonds. The Morgan fingerprint density at radius 3 is 1.11 bits per heavy atom. The summed E-state index contributed by atoms with van der Waals surface area (Å²) in [5.41, 5.74) is 0. The van der Waals surface area contributed by atoms with E-state index >= 15 is 0 Å². The zero-order valence-electron chi connectivity index (χ0n) is 11.4. The summed E-state index contributed by atoms with van der Waals surface area (Å²) in [5.74, 6) is -0.415. The Kier molecular flexibility index (Phi) is 17.6. The summed E-state index contributed by atoms with van der Waals surface area (Å²) < 4.78 is 59.7. The van der Waals surface area contributed by atoms with Crippen LogP contribution in [0, 0.1) is 0 Å². The Bertz CT molecular complexity index is 339. The Hall–Kier alpha value is 0.619. The van der Waals surface area contributed by atoms with Gasteiger partial charge in [-0.1, -0.05) is 39.5 Å². The summed E-state index contributed by atoms with van der Waals surface area (Å²) in [6.45, 7) is 3.91. The molecule has 0 bridgehead atoms. The molecule has 0 aromatic carbocycles. The van der Waals surface area contributed by atoms with Crippen LogP contribution in [-0.2, 0) is 20.2 Å². The van der Waals surface area contributed by atoms with E-state index < -0.39 is 20.2 Å². The molecule has 0 N–H and O–H groups in total. The first-order valence-electron chi connectivity index (χ1n) is 5.99. The van der Waals surface area contributed by atoms with Crippen molar-refractivity contribution in [2.45, 2.75) is 52.4 Å². The number of hydrogen-bond donors (Lipinski definition) is 0. The van der Waals surface area contributed by atoms with E-state index in [0.29, 0.717) is 12.8 Å². The van der Waals surface area contributed by atoms with Gasteiger partial charge in [0, 0.05) is 11.5 Å². The minimum atomic E-state index is -3.95. The third-order valence-electron chi connectivity index (χ3n) is 2.00. The van der Waals surface area contributed by atoms with Crippen molar-refractivity contribution in [3.05, 3.63) is 0 Å².